The third-order valence-corrected chi connectivity index (χ3v) is 2.93. The molecule has 0 atom stereocenters. The van der Waals surface area contributed by atoms with E-state index >= 15 is 0 Å². The van der Waals surface area contributed by atoms with Gasteiger partial charge in [0.05, 0.1) is 6.33 Å². The predicted molar refractivity (Wildman–Crippen MR) is 76.3 cm³/mol. The first-order chi connectivity index (χ1) is 9.26. The number of anilines is 1. The molecule has 5 nitrogen and oxygen atoms in total. The number of imidazole rings is 1. The van der Waals surface area contributed by atoms with Crippen molar-refractivity contribution < 1.29 is 0 Å². The second-order valence-corrected chi connectivity index (χ2v) is 4.32. The Bertz CT molecular complexity index is 621. The van der Waals surface area contributed by atoms with Crippen LogP contribution in [0.5, 0.6) is 0 Å². The molecule has 0 fully saturated rings. The van der Waals surface area contributed by atoms with Crippen LogP contribution in [-0.4, -0.2) is 19.5 Å². The van der Waals surface area contributed by atoms with E-state index in [1.807, 2.05) is 10.6 Å². The fraction of sp³-hybridized carbons (Fsp3) is 0.357. The number of unbranched alkanes of at least 4 members (excludes halogenated alkanes) is 3. The zero-order chi connectivity index (χ0) is 13.7. The van der Waals surface area contributed by atoms with Gasteiger partial charge in [-0.25, -0.2) is 15.0 Å². The second kappa shape index (κ2) is 6.01. The van der Waals surface area contributed by atoms with Gasteiger partial charge in [0.2, 0.25) is 5.82 Å². The van der Waals surface area contributed by atoms with Gasteiger partial charge in [-0.1, -0.05) is 12.5 Å². The van der Waals surface area contributed by atoms with E-state index in [-0.39, 0.29) is 0 Å². The number of aromatic nitrogens is 4. The van der Waals surface area contributed by atoms with Gasteiger partial charge in [-0.05, 0) is 25.2 Å². The highest BCUT2D eigenvalue weighted by molar-refractivity contribution is 5.81. The maximum Gasteiger partial charge on any atom is 0.208 e. The summed E-state index contributed by atoms with van der Waals surface area (Å²) in [4.78, 5) is 12.5. The molecular formula is C14H17N5. The molecule has 0 aliphatic heterocycles. The maximum absolute atomic E-state index is 5.81. The highest BCUT2D eigenvalue weighted by atomic mass is 15.1. The minimum Gasteiger partial charge on any atom is -0.382 e. The van der Waals surface area contributed by atoms with Crippen LogP contribution in [0.4, 0.5) is 5.82 Å². The van der Waals surface area contributed by atoms with Crippen LogP contribution in [0.25, 0.3) is 11.2 Å². The number of nitrogens with two attached hydrogens (primary N) is 1. The Morgan fingerprint density at radius 3 is 2.95 bits per heavy atom. The van der Waals surface area contributed by atoms with Gasteiger partial charge in [0, 0.05) is 6.54 Å². The van der Waals surface area contributed by atoms with Crippen molar-refractivity contribution in [2.24, 2.45) is 0 Å². The number of fused-ring (bicyclic) bond motifs is 1. The zero-order valence-electron chi connectivity index (χ0n) is 10.8. The number of hydrogen-bond acceptors (Lipinski definition) is 4. The predicted octanol–water partition coefficient (Wildman–Crippen LogP) is 2.14. The smallest absolute Gasteiger partial charge is 0.208 e. The molecule has 2 N–H and O–H groups in total. The van der Waals surface area contributed by atoms with Gasteiger partial charge in [0.1, 0.15) is 5.52 Å². The van der Waals surface area contributed by atoms with E-state index < -0.39 is 0 Å². The van der Waals surface area contributed by atoms with Crippen molar-refractivity contribution in [3.63, 3.8) is 0 Å². The third kappa shape index (κ3) is 2.91. The fourth-order valence-corrected chi connectivity index (χ4v) is 1.94. The number of hydrogen-bond donors (Lipinski definition) is 1. The molecule has 0 spiro atoms. The molecule has 0 amide bonds. The summed E-state index contributed by atoms with van der Waals surface area (Å²) in [7, 11) is 0. The Kier molecular flexibility index (Phi) is 4.14. The van der Waals surface area contributed by atoms with Crippen molar-refractivity contribution in [3.8, 4) is 12.3 Å². The van der Waals surface area contributed by atoms with Crippen LogP contribution in [0, 0.1) is 12.3 Å². The molecule has 0 aromatic carbocycles. The van der Waals surface area contributed by atoms with E-state index in [1.54, 1.807) is 6.33 Å². The molecule has 2 aromatic rings. The number of rotatable bonds is 6. The lowest BCUT2D eigenvalue weighted by atomic mass is 10.2. The first-order valence-electron chi connectivity index (χ1n) is 6.32. The Labute approximate surface area is 112 Å². The van der Waals surface area contributed by atoms with Crippen molar-refractivity contribution in [1.29, 1.82) is 0 Å². The number of nitrogen functional groups attached to an aromatic ring is 1. The van der Waals surface area contributed by atoms with Crippen LogP contribution < -0.4 is 5.73 Å². The van der Waals surface area contributed by atoms with Gasteiger partial charge >= 0.3 is 0 Å². The molecule has 0 saturated heterocycles. The van der Waals surface area contributed by atoms with E-state index in [9.17, 15) is 0 Å². The molecule has 98 valence electrons. The van der Waals surface area contributed by atoms with Crippen molar-refractivity contribution in [3.05, 3.63) is 24.8 Å². The molecule has 2 rings (SSSR count). The van der Waals surface area contributed by atoms with Crippen LogP contribution in [0.1, 0.15) is 31.5 Å². The third-order valence-electron chi connectivity index (χ3n) is 2.93. The van der Waals surface area contributed by atoms with Gasteiger partial charge in [0.15, 0.2) is 11.5 Å². The molecule has 2 aromatic heterocycles. The normalized spacial score (nSPS) is 10.5. The van der Waals surface area contributed by atoms with Crippen molar-refractivity contribution >= 4 is 17.0 Å². The summed E-state index contributed by atoms with van der Waals surface area (Å²) in [6.45, 7) is 4.57. The molecule has 0 unspecified atom stereocenters. The Balaban J connectivity index is 2.13. The average molecular weight is 255 g/mol. The van der Waals surface area contributed by atoms with E-state index in [0.717, 1.165) is 32.2 Å². The van der Waals surface area contributed by atoms with Crippen LogP contribution >= 0.6 is 0 Å². The maximum atomic E-state index is 5.81. The summed E-state index contributed by atoms with van der Waals surface area (Å²) in [5.41, 5.74) is 7.13. The van der Waals surface area contributed by atoms with Crippen LogP contribution in [0.2, 0.25) is 0 Å². The fourth-order valence-electron chi connectivity index (χ4n) is 1.94. The Morgan fingerprint density at radius 2 is 2.21 bits per heavy atom. The first-order valence-corrected chi connectivity index (χ1v) is 6.32. The monoisotopic (exact) mass is 255 g/mol. The summed E-state index contributed by atoms with van der Waals surface area (Å²) in [6.07, 6.45) is 13.4. The highest BCUT2D eigenvalue weighted by Crippen LogP contribution is 2.16. The van der Waals surface area contributed by atoms with Gasteiger partial charge in [0.25, 0.3) is 0 Å². The minimum atomic E-state index is 0.304. The van der Waals surface area contributed by atoms with E-state index in [0.29, 0.717) is 22.8 Å². The van der Waals surface area contributed by atoms with Crippen molar-refractivity contribution in [2.45, 2.75) is 32.2 Å². The summed E-state index contributed by atoms with van der Waals surface area (Å²) in [5.74, 6) is 3.05. The number of aryl methyl sites for hydroxylation is 1. The number of terminal acetylenes is 1. The van der Waals surface area contributed by atoms with Crippen LogP contribution in [0.3, 0.4) is 0 Å². The molecule has 0 saturated carbocycles. The molecular weight excluding hydrogens is 238 g/mol. The van der Waals surface area contributed by atoms with E-state index in [4.69, 9.17) is 12.2 Å². The quantitative estimate of drug-likeness (QED) is 0.487. The van der Waals surface area contributed by atoms with Gasteiger partial charge in [-0.3, -0.25) is 0 Å². The van der Waals surface area contributed by atoms with Gasteiger partial charge in [-0.15, -0.1) is 13.0 Å². The largest absolute Gasteiger partial charge is 0.382 e. The molecule has 0 bridgehead atoms. The van der Waals surface area contributed by atoms with Crippen molar-refractivity contribution in [2.75, 3.05) is 5.73 Å². The summed E-state index contributed by atoms with van der Waals surface area (Å²) < 4.78 is 1.97. The second-order valence-electron chi connectivity index (χ2n) is 4.32. The first kappa shape index (κ1) is 13.1. The molecule has 19 heavy (non-hydrogen) atoms. The minimum absolute atomic E-state index is 0.304. The Hall–Kier alpha value is -2.35. The Morgan fingerprint density at radius 1 is 1.37 bits per heavy atom. The number of allylic oxidation sites excluding steroid dienone is 1. The SMILES string of the molecule is C#Cc1nc(N)c2ncn(CCCCCC=C)c2n1. The lowest BCUT2D eigenvalue weighted by Crippen LogP contribution is -2.02. The average Bonchev–Trinajstić information content (AvgIpc) is 2.82. The van der Waals surface area contributed by atoms with Crippen molar-refractivity contribution in [1.82, 2.24) is 19.5 Å². The van der Waals surface area contributed by atoms with Crippen LogP contribution in [-0.2, 0) is 6.54 Å². The molecule has 5 heteroatoms. The zero-order valence-corrected chi connectivity index (χ0v) is 10.8. The summed E-state index contributed by atoms with van der Waals surface area (Å²) in [6, 6.07) is 0. The van der Waals surface area contributed by atoms with Gasteiger partial charge < -0.3 is 10.3 Å². The standard InChI is InChI=1S/C14H17N5/c1-3-5-6-7-8-9-19-10-16-12-13(15)17-11(4-2)18-14(12)19/h2-3,10H,1,5-9H2,(H2,15,17,18). The van der Waals surface area contributed by atoms with E-state index in [1.165, 1.54) is 0 Å². The molecule has 0 radical (unpaired) electrons. The van der Waals surface area contributed by atoms with Gasteiger partial charge in [-0.2, -0.15) is 0 Å². The summed E-state index contributed by atoms with van der Waals surface area (Å²) >= 11 is 0. The molecule has 0 aliphatic carbocycles. The lowest BCUT2D eigenvalue weighted by Gasteiger charge is -2.04. The highest BCUT2D eigenvalue weighted by Gasteiger charge is 2.09. The summed E-state index contributed by atoms with van der Waals surface area (Å²) in [5, 5.41) is 0. The topological polar surface area (TPSA) is 69.6 Å². The molecule has 0 aliphatic rings. The lowest BCUT2D eigenvalue weighted by molar-refractivity contribution is 0.597. The molecule has 2 heterocycles. The van der Waals surface area contributed by atoms with E-state index in [2.05, 4.69) is 27.5 Å². The van der Waals surface area contributed by atoms with Crippen LogP contribution in [0.15, 0.2) is 19.0 Å². The number of nitrogens with zero attached hydrogens (tertiary/aromatic N) is 4.